The number of ether oxygens (including phenoxy) is 2. The zero-order valence-corrected chi connectivity index (χ0v) is 15.7. The van der Waals surface area contributed by atoms with E-state index >= 15 is 0 Å². The van der Waals surface area contributed by atoms with Crippen LogP contribution < -0.4 is 4.74 Å². The molecule has 1 aromatic heterocycles. The van der Waals surface area contributed by atoms with Crippen LogP contribution in [0.25, 0.3) is 0 Å². The predicted molar refractivity (Wildman–Crippen MR) is 101 cm³/mol. The molecule has 2 saturated heterocycles. The van der Waals surface area contributed by atoms with Crippen LogP contribution in [0.1, 0.15) is 37.3 Å². The quantitative estimate of drug-likeness (QED) is 0.805. The van der Waals surface area contributed by atoms with E-state index in [0.717, 1.165) is 32.2 Å². The lowest BCUT2D eigenvalue weighted by molar-refractivity contribution is -0.139. The summed E-state index contributed by atoms with van der Waals surface area (Å²) in [6, 6.07) is 6.24. The number of hydrogen-bond acceptors (Lipinski definition) is 5. The molecular formula is C21H24FN3O3. The number of aromatic nitrogens is 2. The topological polar surface area (TPSA) is 64.5 Å². The molecule has 0 unspecified atom stereocenters. The van der Waals surface area contributed by atoms with Crippen LogP contribution in [0, 0.1) is 11.7 Å². The normalized spacial score (nSPS) is 20.8. The summed E-state index contributed by atoms with van der Waals surface area (Å²) < 4.78 is 25.1. The van der Waals surface area contributed by atoms with Crippen molar-refractivity contribution in [2.24, 2.45) is 5.92 Å². The first-order chi connectivity index (χ1) is 13.7. The van der Waals surface area contributed by atoms with Gasteiger partial charge in [0.15, 0.2) is 11.6 Å². The van der Waals surface area contributed by atoms with Crippen molar-refractivity contribution in [2.45, 2.75) is 31.6 Å². The van der Waals surface area contributed by atoms with E-state index in [0.29, 0.717) is 31.3 Å². The van der Waals surface area contributed by atoms with Crippen LogP contribution in [0.3, 0.4) is 0 Å². The smallest absolute Gasteiger partial charge is 0.241 e. The summed E-state index contributed by atoms with van der Waals surface area (Å²) in [5.74, 6) is 0.247. The van der Waals surface area contributed by atoms with Crippen LogP contribution in [-0.4, -0.2) is 47.1 Å². The van der Waals surface area contributed by atoms with E-state index in [9.17, 15) is 9.18 Å². The van der Waals surface area contributed by atoms with Crippen LogP contribution in [0.15, 0.2) is 36.7 Å². The highest BCUT2D eigenvalue weighted by Gasteiger charge is 2.32. The van der Waals surface area contributed by atoms with Crippen molar-refractivity contribution in [3.8, 4) is 11.6 Å². The number of nitrogens with zero attached hydrogens (tertiary/aromatic N) is 3. The van der Waals surface area contributed by atoms with Crippen molar-refractivity contribution in [1.82, 2.24) is 14.9 Å². The fraction of sp³-hybridized carbons (Fsp3) is 0.476. The largest absolute Gasteiger partial charge is 0.434 e. The van der Waals surface area contributed by atoms with Crippen LogP contribution in [0.5, 0.6) is 11.6 Å². The Morgan fingerprint density at radius 2 is 1.93 bits per heavy atom. The predicted octanol–water partition coefficient (Wildman–Crippen LogP) is 3.54. The lowest BCUT2D eigenvalue weighted by Crippen LogP contribution is -2.43. The molecule has 28 heavy (non-hydrogen) atoms. The molecule has 2 aromatic rings. The van der Waals surface area contributed by atoms with E-state index in [1.165, 1.54) is 12.3 Å². The van der Waals surface area contributed by atoms with Gasteiger partial charge in [0.2, 0.25) is 11.8 Å². The van der Waals surface area contributed by atoms with Gasteiger partial charge in [0.25, 0.3) is 0 Å². The SMILES string of the molecule is O=C(C1CCOCC1)N1CCC[C@@H](c2nccnc2Oc2ccccc2F)C1. The second-order valence-corrected chi connectivity index (χ2v) is 7.29. The summed E-state index contributed by atoms with van der Waals surface area (Å²) in [5.41, 5.74) is 0.676. The Kier molecular flexibility index (Phi) is 5.81. The third kappa shape index (κ3) is 4.14. The zero-order chi connectivity index (χ0) is 19.3. The van der Waals surface area contributed by atoms with Crippen LogP contribution in [0.4, 0.5) is 4.39 Å². The molecule has 1 amide bonds. The van der Waals surface area contributed by atoms with E-state index in [1.54, 1.807) is 24.4 Å². The molecule has 1 atom stereocenters. The number of rotatable bonds is 4. The molecular weight excluding hydrogens is 361 g/mol. The molecule has 0 radical (unpaired) electrons. The number of hydrogen-bond donors (Lipinski definition) is 0. The average molecular weight is 385 g/mol. The Bertz CT molecular complexity index is 826. The summed E-state index contributed by atoms with van der Waals surface area (Å²) >= 11 is 0. The molecule has 0 aliphatic carbocycles. The third-order valence-corrected chi connectivity index (χ3v) is 5.42. The monoisotopic (exact) mass is 385 g/mol. The van der Waals surface area contributed by atoms with Crippen LogP contribution in [-0.2, 0) is 9.53 Å². The van der Waals surface area contributed by atoms with Crippen LogP contribution in [0.2, 0.25) is 0 Å². The van der Waals surface area contributed by atoms with E-state index < -0.39 is 5.82 Å². The zero-order valence-electron chi connectivity index (χ0n) is 15.7. The Morgan fingerprint density at radius 3 is 2.75 bits per heavy atom. The summed E-state index contributed by atoms with van der Waals surface area (Å²) in [7, 11) is 0. The van der Waals surface area contributed by atoms with Gasteiger partial charge in [-0.15, -0.1) is 0 Å². The fourth-order valence-electron chi connectivity index (χ4n) is 3.93. The summed E-state index contributed by atoms with van der Waals surface area (Å²) in [6.45, 7) is 2.65. The van der Waals surface area contributed by atoms with E-state index in [4.69, 9.17) is 9.47 Å². The number of amides is 1. The lowest BCUT2D eigenvalue weighted by Gasteiger charge is -2.35. The highest BCUT2D eigenvalue weighted by Crippen LogP contribution is 2.34. The van der Waals surface area contributed by atoms with Gasteiger partial charge in [0.05, 0.1) is 0 Å². The Morgan fingerprint density at radius 1 is 1.14 bits per heavy atom. The van der Waals surface area contributed by atoms with Crippen molar-refractivity contribution in [2.75, 3.05) is 26.3 Å². The summed E-state index contributed by atoms with van der Waals surface area (Å²) in [6.07, 6.45) is 6.51. The molecule has 0 spiro atoms. The number of piperidine rings is 1. The average Bonchev–Trinajstić information content (AvgIpc) is 2.76. The fourth-order valence-corrected chi connectivity index (χ4v) is 3.93. The summed E-state index contributed by atoms with van der Waals surface area (Å²) in [4.78, 5) is 23.6. The van der Waals surface area contributed by atoms with Gasteiger partial charge in [-0.2, -0.15) is 0 Å². The molecule has 0 saturated carbocycles. The van der Waals surface area contributed by atoms with E-state index in [1.807, 2.05) is 4.90 Å². The van der Waals surface area contributed by atoms with Gasteiger partial charge in [0, 0.05) is 50.5 Å². The first-order valence-electron chi connectivity index (χ1n) is 9.82. The number of carbonyl (C=O) groups is 1. The standard InChI is InChI=1S/C21H24FN3O3/c22-17-5-1-2-6-18(17)28-20-19(23-9-10-24-20)16-4-3-11-25(14-16)21(26)15-7-12-27-13-8-15/h1-2,5-6,9-10,15-16H,3-4,7-8,11-14H2/t16-/m1/s1. The minimum Gasteiger partial charge on any atom is -0.434 e. The first kappa shape index (κ1) is 18.8. The molecule has 7 heteroatoms. The minimum absolute atomic E-state index is 0.0213. The maximum atomic E-state index is 14.0. The van der Waals surface area contributed by atoms with Gasteiger partial charge >= 0.3 is 0 Å². The van der Waals surface area contributed by atoms with Crippen LogP contribution >= 0.6 is 0 Å². The maximum absolute atomic E-state index is 14.0. The number of carbonyl (C=O) groups excluding carboxylic acids is 1. The van der Waals surface area contributed by atoms with Gasteiger partial charge in [-0.05, 0) is 37.8 Å². The van der Waals surface area contributed by atoms with Gasteiger partial charge in [0.1, 0.15) is 5.69 Å². The number of likely N-dealkylation sites (tertiary alicyclic amines) is 1. The molecule has 0 N–H and O–H groups in total. The van der Waals surface area contributed by atoms with Crippen molar-refractivity contribution < 1.29 is 18.7 Å². The maximum Gasteiger partial charge on any atom is 0.241 e. The second-order valence-electron chi connectivity index (χ2n) is 7.29. The highest BCUT2D eigenvalue weighted by atomic mass is 19.1. The first-order valence-corrected chi connectivity index (χ1v) is 9.82. The Balaban J connectivity index is 1.51. The molecule has 2 aliphatic heterocycles. The molecule has 148 valence electrons. The molecule has 2 aliphatic rings. The van der Waals surface area contributed by atoms with Crippen molar-refractivity contribution >= 4 is 5.91 Å². The van der Waals surface area contributed by atoms with Gasteiger partial charge < -0.3 is 14.4 Å². The minimum atomic E-state index is -0.445. The van der Waals surface area contributed by atoms with Gasteiger partial charge in [-0.3, -0.25) is 9.78 Å². The van der Waals surface area contributed by atoms with E-state index in [-0.39, 0.29) is 23.5 Å². The van der Waals surface area contributed by atoms with Gasteiger partial charge in [-0.25, -0.2) is 9.37 Å². The van der Waals surface area contributed by atoms with Crippen molar-refractivity contribution in [3.63, 3.8) is 0 Å². The Hall–Kier alpha value is -2.54. The molecule has 6 nitrogen and oxygen atoms in total. The Labute approximate surface area is 163 Å². The number of benzene rings is 1. The second kappa shape index (κ2) is 8.65. The van der Waals surface area contributed by atoms with E-state index in [2.05, 4.69) is 9.97 Å². The number of para-hydroxylation sites is 1. The number of halogens is 1. The summed E-state index contributed by atoms with van der Waals surface area (Å²) in [5, 5.41) is 0. The molecule has 2 fully saturated rings. The highest BCUT2D eigenvalue weighted by molar-refractivity contribution is 5.79. The molecule has 0 bridgehead atoms. The molecule has 3 heterocycles. The molecule has 1 aromatic carbocycles. The lowest BCUT2D eigenvalue weighted by atomic mass is 9.92. The van der Waals surface area contributed by atoms with Gasteiger partial charge in [-0.1, -0.05) is 12.1 Å². The third-order valence-electron chi connectivity index (χ3n) is 5.42. The van der Waals surface area contributed by atoms with Crippen molar-refractivity contribution in [3.05, 3.63) is 48.2 Å². The molecule has 4 rings (SSSR count). The van der Waals surface area contributed by atoms with Crippen molar-refractivity contribution in [1.29, 1.82) is 0 Å².